The van der Waals surface area contributed by atoms with Crippen LogP contribution in [0, 0.1) is 0 Å². The zero-order chi connectivity index (χ0) is 25.1. The highest BCUT2D eigenvalue weighted by Crippen LogP contribution is 2.31. The summed E-state index contributed by atoms with van der Waals surface area (Å²) in [4.78, 5) is 39.4. The number of rotatable bonds is 9. The first kappa shape index (κ1) is 24.2. The van der Waals surface area contributed by atoms with Crippen LogP contribution in [0.5, 0.6) is 0 Å². The number of aryl methyl sites for hydroxylation is 1. The van der Waals surface area contributed by atoms with E-state index in [0.717, 1.165) is 4.88 Å². The number of carbonyl (C=O) groups excluding carboxylic acids is 2. The topological polar surface area (TPSA) is 168 Å². The molecule has 1 atom stereocenters. The second-order valence-electron chi connectivity index (χ2n) is 7.86. The van der Waals surface area contributed by atoms with Gasteiger partial charge in [-0.05, 0) is 33.6 Å². The molecule has 0 fully saturated rings. The van der Waals surface area contributed by atoms with Crippen molar-refractivity contribution < 1.29 is 14.7 Å². The van der Waals surface area contributed by atoms with Gasteiger partial charge in [0.1, 0.15) is 17.2 Å². The van der Waals surface area contributed by atoms with E-state index in [-0.39, 0.29) is 36.0 Å². The van der Waals surface area contributed by atoms with Gasteiger partial charge in [0.2, 0.25) is 5.82 Å². The molecule has 0 bridgehead atoms. The summed E-state index contributed by atoms with van der Waals surface area (Å²) in [7, 11) is 0. The summed E-state index contributed by atoms with van der Waals surface area (Å²) in [5, 5.41) is 21.8. The van der Waals surface area contributed by atoms with Crippen molar-refractivity contribution in [1.82, 2.24) is 39.7 Å². The van der Waals surface area contributed by atoms with Crippen molar-refractivity contribution in [3.63, 3.8) is 0 Å². The Labute approximate surface area is 204 Å². The van der Waals surface area contributed by atoms with Crippen molar-refractivity contribution in [2.75, 3.05) is 5.73 Å². The highest BCUT2D eigenvalue weighted by Gasteiger charge is 2.25. The summed E-state index contributed by atoms with van der Waals surface area (Å²) in [5.74, 6) is -0.198. The van der Waals surface area contributed by atoms with Crippen LogP contribution in [-0.2, 0) is 13.0 Å². The molecule has 1 amide bonds. The van der Waals surface area contributed by atoms with Crippen LogP contribution in [0.3, 0.4) is 0 Å². The van der Waals surface area contributed by atoms with Crippen LogP contribution in [0.2, 0.25) is 0 Å². The minimum Gasteiger partial charge on any atom is -0.389 e. The fourth-order valence-corrected chi connectivity index (χ4v) is 4.59. The number of Topliss-reactive ketones (excluding diaryl/α,β-unsaturated/α-hetero) is 1. The van der Waals surface area contributed by atoms with E-state index in [0.29, 0.717) is 40.3 Å². The zero-order valence-corrected chi connectivity index (χ0v) is 20.3. The molecule has 4 rings (SSSR count). The number of hydrogen-bond donors (Lipinski definition) is 3. The monoisotopic (exact) mass is 495 g/mol. The van der Waals surface area contributed by atoms with Crippen molar-refractivity contribution in [2.24, 2.45) is 0 Å². The van der Waals surface area contributed by atoms with Gasteiger partial charge in [-0.3, -0.25) is 9.59 Å². The van der Waals surface area contributed by atoms with Gasteiger partial charge in [0.25, 0.3) is 5.91 Å². The number of allylic oxidation sites excluding steroid dienone is 1. The highest BCUT2D eigenvalue weighted by atomic mass is 32.1. The second-order valence-corrected chi connectivity index (χ2v) is 8.98. The molecule has 0 saturated heterocycles. The number of aliphatic hydroxyl groups is 1. The zero-order valence-electron chi connectivity index (χ0n) is 19.5. The van der Waals surface area contributed by atoms with Crippen LogP contribution >= 0.6 is 11.3 Å². The van der Waals surface area contributed by atoms with Crippen LogP contribution < -0.4 is 5.73 Å². The molecule has 0 saturated carbocycles. The number of nitrogens with zero attached hydrogens (tertiary/aromatic N) is 7. The van der Waals surface area contributed by atoms with Gasteiger partial charge in [-0.1, -0.05) is 6.08 Å². The number of thiazole rings is 1. The third kappa shape index (κ3) is 4.68. The lowest BCUT2D eigenvalue weighted by Gasteiger charge is -2.25. The van der Waals surface area contributed by atoms with Gasteiger partial charge >= 0.3 is 0 Å². The maximum absolute atomic E-state index is 12.9. The van der Waals surface area contributed by atoms with E-state index < -0.39 is 0 Å². The highest BCUT2D eigenvalue weighted by molar-refractivity contribution is 7.15. The van der Waals surface area contributed by atoms with Crippen LogP contribution in [0.1, 0.15) is 58.9 Å². The van der Waals surface area contributed by atoms with Crippen LogP contribution in [0.25, 0.3) is 16.1 Å². The Bertz CT molecular complexity index is 1390. The minimum absolute atomic E-state index is 0.138. The van der Waals surface area contributed by atoms with E-state index in [2.05, 4.69) is 25.3 Å². The van der Waals surface area contributed by atoms with Crippen molar-refractivity contribution in [1.29, 1.82) is 0 Å². The lowest BCUT2D eigenvalue weighted by atomic mass is 10.0. The lowest BCUT2D eigenvalue weighted by molar-refractivity contribution is 0.0760. The number of aliphatic hydroxyl groups excluding tert-OH is 1. The number of nitrogens with two attached hydrogens (primary N) is 1. The Hall–Kier alpha value is -3.97. The smallest absolute Gasteiger partial charge is 0.295 e. The number of H-pyrrole nitrogens is 1. The van der Waals surface area contributed by atoms with Crippen molar-refractivity contribution in [2.45, 2.75) is 46.3 Å². The average Bonchev–Trinajstić information content (AvgIpc) is 3.60. The Morgan fingerprint density at radius 3 is 2.80 bits per heavy atom. The SMILES string of the molecule is C/C=C\N(C(=O)c1nnc[nH]1)[C@H](C)CCc1nc2c(-c3cnc(CO)s3)cnn2c(N)c1C(C)=O. The molecule has 0 radical (unpaired) electrons. The number of hydrogen-bond acceptors (Lipinski definition) is 10. The quantitative estimate of drug-likeness (QED) is 0.295. The number of fused-ring (bicyclic) bond motifs is 1. The van der Waals surface area contributed by atoms with Crippen LogP contribution in [-0.4, -0.2) is 62.5 Å². The molecule has 4 heterocycles. The first-order chi connectivity index (χ1) is 16.8. The van der Waals surface area contributed by atoms with Crippen molar-refractivity contribution >= 4 is 34.5 Å². The molecular weight excluding hydrogens is 470 g/mol. The first-order valence-electron chi connectivity index (χ1n) is 10.9. The molecule has 13 heteroatoms. The molecular formula is C22H25N9O3S. The van der Waals surface area contributed by atoms with Gasteiger partial charge in [-0.25, -0.2) is 9.97 Å². The van der Waals surface area contributed by atoms with Crippen LogP contribution in [0.15, 0.2) is 31.0 Å². The van der Waals surface area contributed by atoms with Gasteiger partial charge in [0.05, 0.1) is 34.5 Å². The minimum atomic E-state index is -0.314. The Morgan fingerprint density at radius 1 is 1.37 bits per heavy atom. The standard InChI is InChI=1S/C22H25N9O3S/c1-4-7-30(22(34)20-25-11-26-29-20)12(2)5-6-15-18(13(3)33)19(23)31-21(28-15)14(8-27-31)16-9-24-17(10-32)35-16/h4,7-9,11-12,32H,5-6,10,23H2,1-3H3,(H,25,26,29)/b7-4-/t12-/m1/s1. The molecule has 4 N–H and O–H groups in total. The molecule has 4 aromatic heterocycles. The molecule has 0 aliphatic carbocycles. The Balaban J connectivity index is 1.68. The van der Waals surface area contributed by atoms with Gasteiger partial charge in [-0.15, -0.1) is 21.5 Å². The van der Waals surface area contributed by atoms with Crippen molar-refractivity contribution in [3.05, 3.63) is 53.1 Å². The molecule has 4 aromatic rings. The van der Waals surface area contributed by atoms with E-state index >= 15 is 0 Å². The number of ketones is 1. The van der Waals surface area contributed by atoms with Gasteiger partial charge in [0, 0.05) is 18.4 Å². The predicted molar refractivity (Wildman–Crippen MR) is 130 cm³/mol. The molecule has 0 aliphatic rings. The average molecular weight is 496 g/mol. The molecule has 12 nitrogen and oxygen atoms in total. The lowest BCUT2D eigenvalue weighted by Crippen LogP contribution is -2.35. The maximum atomic E-state index is 12.9. The fourth-order valence-electron chi connectivity index (χ4n) is 3.80. The molecule has 35 heavy (non-hydrogen) atoms. The van der Waals surface area contributed by atoms with Crippen molar-refractivity contribution in [3.8, 4) is 10.4 Å². The summed E-state index contributed by atoms with van der Waals surface area (Å²) >= 11 is 1.33. The number of aromatic amines is 1. The summed E-state index contributed by atoms with van der Waals surface area (Å²) < 4.78 is 1.44. The van der Waals surface area contributed by atoms with Gasteiger partial charge in [-0.2, -0.15) is 9.61 Å². The molecule has 0 aliphatic heterocycles. The number of anilines is 1. The summed E-state index contributed by atoms with van der Waals surface area (Å²) in [6.45, 7) is 5.00. The number of amides is 1. The largest absolute Gasteiger partial charge is 0.389 e. The maximum Gasteiger partial charge on any atom is 0.295 e. The van der Waals surface area contributed by atoms with E-state index in [9.17, 15) is 14.7 Å². The summed E-state index contributed by atoms with van der Waals surface area (Å²) in [6, 6.07) is -0.235. The fraction of sp³-hybridized carbons (Fsp3) is 0.318. The van der Waals surface area contributed by atoms with E-state index in [1.54, 1.807) is 29.6 Å². The molecule has 182 valence electrons. The summed E-state index contributed by atoms with van der Waals surface area (Å²) in [5.41, 5.74) is 8.39. The summed E-state index contributed by atoms with van der Waals surface area (Å²) in [6.07, 6.45) is 8.97. The number of nitrogens with one attached hydrogen (secondary N) is 1. The molecule has 0 unspecified atom stereocenters. The van der Waals surface area contributed by atoms with E-state index in [1.165, 1.54) is 29.1 Å². The first-order valence-corrected chi connectivity index (χ1v) is 11.7. The van der Waals surface area contributed by atoms with E-state index in [1.807, 2.05) is 13.8 Å². The van der Waals surface area contributed by atoms with Crippen LogP contribution in [0.4, 0.5) is 5.82 Å². The third-order valence-electron chi connectivity index (χ3n) is 5.50. The number of aromatic nitrogens is 7. The van der Waals surface area contributed by atoms with Gasteiger partial charge in [0.15, 0.2) is 11.4 Å². The second kappa shape index (κ2) is 10.1. The molecule has 0 aromatic carbocycles. The Kier molecular flexibility index (Phi) is 6.98. The predicted octanol–water partition coefficient (Wildman–Crippen LogP) is 2.25. The van der Waals surface area contributed by atoms with Gasteiger partial charge < -0.3 is 20.7 Å². The normalized spacial score (nSPS) is 12.5. The number of carbonyl (C=O) groups is 2. The van der Waals surface area contributed by atoms with E-state index in [4.69, 9.17) is 10.7 Å². The number of nitrogen functional groups attached to an aromatic ring is 1. The third-order valence-corrected chi connectivity index (χ3v) is 6.52. The molecule has 0 spiro atoms. The Morgan fingerprint density at radius 2 is 2.17 bits per heavy atom.